The van der Waals surface area contributed by atoms with Gasteiger partial charge in [-0.15, -0.1) is 0 Å². The predicted molar refractivity (Wildman–Crippen MR) is 76.5 cm³/mol. The second kappa shape index (κ2) is 6.98. The van der Waals surface area contributed by atoms with E-state index < -0.39 is 0 Å². The second-order valence-electron chi connectivity index (χ2n) is 5.30. The fraction of sp³-hybridized carbons (Fsp3) is 0.600. The molecule has 1 aliphatic heterocycles. The molecule has 0 radical (unpaired) electrons. The zero-order valence-electron chi connectivity index (χ0n) is 11.7. The summed E-state index contributed by atoms with van der Waals surface area (Å²) in [4.78, 5) is 4.90. The molecule has 1 aliphatic rings. The first kappa shape index (κ1) is 14.4. The maximum atomic E-state index is 12.9. The molecule has 1 aromatic carbocycles. The molecule has 0 aromatic heterocycles. The zero-order valence-corrected chi connectivity index (χ0v) is 11.7. The minimum absolute atomic E-state index is 0.0293. The summed E-state index contributed by atoms with van der Waals surface area (Å²) in [6.45, 7) is 8.68. The van der Waals surface area contributed by atoms with Gasteiger partial charge in [0.2, 0.25) is 0 Å². The molecule has 1 atom stereocenters. The Morgan fingerprint density at radius 2 is 1.68 bits per heavy atom. The molecule has 4 heteroatoms. The van der Waals surface area contributed by atoms with Gasteiger partial charge in [-0.3, -0.25) is 4.90 Å². The molecule has 0 saturated carbocycles. The van der Waals surface area contributed by atoms with Crippen LogP contribution in [0.25, 0.3) is 0 Å². The van der Waals surface area contributed by atoms with Crippen molar-refractivity contribution in [3.05, 3.63) is 35.6 Å². The molecule has 0 spiro atoms. The Hall–Kier alpha value is -0.970. The largest absolute Gasteiger partial charge is 0.323 e. The summed E-state index contributed by atoms with van der Waals surface area (Å²) in [7, 11) is 0. The Bertz CT molecular complexity index is 371. The summed E-state index contributed by atoms with van der Waals surface area (Å²) in [5.74, 6) is -0.205. The number of halogens is 1. The summed E-state index contributed by atoms with van der Waals surface area (Å²) in [5.41, 5.74) is 7.20. The number of hydrogen-bond acceptors (Lipinski definition) is 3. The van der Waals surface area contributed by atoms with E-state index in [4.69, 9.17) is 5.73 Å². The predicted octanol–water partition coefficient (Wildman–Crippen LogP) is 1.85. The van der Waals surface area contributed by atoms with Crippen molar-refractivity contribution in [1.82, 2.24) is 9.80 Å². The molecule has 3 nitrogen and oxygen atoms in total. The Balaban J connectivity index is 1.80. The van der Waals surface area contributed by atoms with E-state index in [9.17, 15) is 4.39 Å². The van der Waals surface area contributed by atoms with Crippen LogP contribution in [0.1, 0.15) is 24.9 Å². The SMILES string of the molecule is CCCN1CCN(CC(N)c2ccc(F)cc2)CC1. The molecule has 2 rings (SSSR count). The van der Waals surface area contributed by atoms with E-state index >= 15 is 0 Å². The van der Waals surface area contributed by atoms with Crippen LogP contribution < -0.4 is 5.73 Å². The third kappa shape index (κ3) is 4.27. The summed E-state index contributed by atoms with van der Waals surface area (Å²) in [6, 6.07) is 6.50. The van der Waals surface area contributed by atoms with Crippen LogP contribution in [0.15, 0.2) is 24.3 Å². The van der Waals surface area contributed by atoms with Gasteiger partial charge >= 0.3 is 0 Å². The number of nitrogens with zero attached hydrogens (tertiary/aromatic N) is 2. The van der Waals surface area contributed by atoms with Gasteiger partial charge in [0, 0.05) is 38.8 Å². The second-order valence-corrected chi connectivity index (χ2v) is 5.30. The van der Waals surface area contributed by atoms with Crippen LogP contribution in [0.5, 0.6) is 0 Å². The monoisotopic (exact) mass is 265 g/mol. The zero-order chi connectivity index (χ0) is 13.7. The topological polar surface area (TPSA) is 32.5 Å². The maximum Gasteiger partial charge on any atom is 0.123 e. The highest BCUT2D eigenvalue weighted by Gasteiger charge is 2.18. The van der Waals surface area contributed by atoms with Crippen LogP contribution in [-0.4, -0.2) is 49.1 Å². The Morgan fingerprint density at radius 3 is 2.26 bits per heavy atom. The molecule has 1 aromatic rings. The third-order valence-electron chi connectivity index (χ3n) is 3.76. The average Bonchev–Trinajstić information content (AvgIpc) is 2.42. The molecule has 0 bridgehead atoms. The van der Waals surface area contributed by atoms with E-state index in [0.29, 0.717) is 0 Å². The highest BCUT2D eigenvalue weighted by atomic mass is 19.1. The lowest BCUT2D eigenvalue weighted by Crippen LogP contribution is -2.48. The van der Waals surface area contributed by atoms with Gasteiger partial charge in [-0.1, -0.05) is 19.1 Å². The molecule has 1 unspecified atom stereocenters. The summed E-state index contributed by atoms with van der Waals surface area (Å²) in [6.07, 6.45) is 1.22. The van der Waals surface area contributed by atoms with Crippen molar-refractivity contribution in [2.45, 2.75) is 19.4 Å². The maximum absolute atomic E-state index is 12.9. The summed E-state index contributed by atoms with van der Waals surface area (Å²) in [5, 5.41) is 0. The molecule has 1 saturated heterocycles. The van der Waals surface area contributed by atoms with Crippen molar-refractivity contribution >= 4 is 0 Å². The molecule has 1 fully saturated rings. The number of nitrogens with two attached hydrogens (primary N) is 1. The van der Waals surface area contributed by atoms with Crippen molar-refractivity contribution in [1.29, 1.82) is 0 Å². The lowest BCUT2D eigenvalue weighted by atomic mass is 10.1. The van der Waals surface area contributed by atoms with Crippen LogP contribution >= 0.6 is 0 Å². The highest BCUT2D eigenvalue weighted by molar-refractivity contribution is 5.19. The molecule has 0 amide bonds. The highest BCUT2D eigenvalue weighted by Crippen LogP contribution is 2.14. The first-order valence-electron chi connectivity index (χ1n) is 7.15. The van der Waals surface area contributed by atoms with Gasteiger partial charge in [0.15, 0.2) is 0 Å². The van der Waals surface area contributed by atoms with Crippen molar-refractivity contribution in [2.24, 2.45) is 5.73 Å². The first-order chi connectivity index (χ1) is 9.19. The molecule has 2 N–H and O–H groups in total. The van der Waals surface area contributed by atoms with E-state index in [0.717, 1.165) is 38.3 Å². The van der Waals surface area contributed by atoms with Gasteiger partial charge < -0.3 is 10.6 Å². The van der Waals surface area contributed by atoms with Crippen LogP contribution in [0.3, 0.4) is 0 Å². The van der Waals surface area contributed by atoms with Crippen molar-refractivity contribution < 1.29 is 4.39 Å². The molecule has 1 heterocycles. The van der Waals surface area contributed by atoms with Crippen molar-refractivity contribution in [3.8, 4) is 0 Å². The summed E-state index contributed by atoms with van der Waals surface area (Å²) >= 11 is 0. The quantitative estimate of drug-likeness (QED) is 0.882. The van der Waals surface area contributed by atoms with Gasteiger partial charge in [0.1, 0.15) is 5.82 Å². The van der Waals surface area contributed by atoms with E-state index in [-0.39, 0.29) is 11.9 Å². The molecule has 19 heavy (non-hydrogen) atoms. The minimum atomic E-state index is -0.205. The average molecular weight is 265 g/mol. The van der Waals surface area contributed by atoms with Gasteiger partial charge in [-0.25, -0.2) is 4.39 Å². The third-order valence-corrected chi connectivity index (χ3v) is 3.76. The van der Waals surface area contributed by atoms with Crippen LogP contribution in [0, 0.1) is 5.82 Å². The van der Waals surface area contributed by atoms with Crippen LogP contribution in [0.4, 0.5) is 4.39 Å². The number of benzene rings is 1. The van der Waals surface area contributed by atoms with Crippen LogP contribution in [-0.2, 0) is 0 Å². The number of piperazine rings is 1. The van der Waals surface area contributed by atoms with Gasteiger partial charge in [-0.2, -0.15) is 0 Å². The first-order valence-corrected chi connectivity index (χ1v) is 7.15. The van der Waals surface area contributed by atoms with Gasteiger partial charge in [-0.05, 0) is 30.7 Å². The lowest BCUT2D eigenvalue weighted by Gasteiger charge is -2.35. The van der Waals surface area contributed by atoms with Crippen LogP contribution in [0.2, 0.25) is 0 Å². The fourth-order valence-corrected chi connectivity index (χ4v) is 2.61. The van der Waals surface area contributed by atoms with Gasteiger partial charge in [0.25, 0.3) is 0 Å². The number of rotatable bonds is 5. The fourth-order valence-electron chi connectivity index (χ4n) is 2.61. The Morgan fingerprint density at radius 1 is 1.11 bits per heavy atom. The van der Waals surface area contributed by atoms with E-state index in [1.807, 2.05) is 0 Å². The standard InChI is InChI=1S/C15H24FN3/c1-2-7-18-8-10-19(11-9-18)12-15(17)13-3-5-14(16)6-4-13/h3-6,15H,2,7-12,17H2,1H3. The van der Waals surface area contributed by atoms with Crippen molar-refractivity contribution in [3.63, 3.8) is 0 Å². The van der Waals surface area contributed by atoms with E-state index in [1.165, 1.54) is 25.1 Å². The Kier molecular flexibility index (Phi) is 5.31. The molecule has 0 aliphatic carbocycles. The van der Waals surface area contributed by atoms with Gasteiger partial charge in [0.05, 0.1) is 0 Å². The van der Waals surface area contributed by atoms with Crippen molar-refractivity contribution in [2.75, 3.05) is 39.3 Å². The molecular formula is C15H24FN3. The smallest absolute Gasteiger partial charge is 0.123 e. The lowest BCUT2D eigenvalue weighted by molar-refractivity contribution is 0.127. The molecule has 106 valence electrons. The van der Waals surface area contributed by atoms with E-state index in [2.05, 4.69) is 16.7 Å². The van der Waals surface area contributed by atoms with E-state index in [1.54, 1.807) is 12.1 Å². The Labute approximate surface area is 115 Å². The summed E-state index contributed by atoms with van der Waals surface area (Å²) < 4.78 is 12.9. The normalized spacial score (nSPS) is 19.5. The number of hydrogen-bond donors (Lipinski definition) is 1. The molecular weight excluding hydrogens is 241 g/mol. The minimum Gasteiger partial charge on any atom is -0.323 e.